The van der Waals surface area contributed by atoms with Gasteiger partial charge in [-0.05, 0) is 0 Å². The van der Waals surface area contributed by atoms with Crippen LogP contribution in [-0.2, 0) is 45.6 Å². The summed E-state index contributed by atoms with van der Waals surface area (Å²) in [6.45, 7) is 6.20. The van der Waals surface area contributed by atoms with Gasteiger partial charge in [0, 0.05) is 32.7 Å². The third-order valence-electron chi connectivity index (χ3n) is 1.91. The fourth-order valence-electron chi connectivity index (χ4n) is 1.25. The molecule has 1 aromatic rings. The third-order valence-corrected chi connectivity index (χ3v) is 1.91. The zero-order valence-corrected chi connectivity index (χ0v) is 12.0. The number of benzene rings is 1. The van der Waals surface area contributed by atoms with Crippen molar-refractivity contribution in [3.63, 3.8) is 0 Å². The van der Waals surface area contributed by atoms with Crippen LogP contribution < -0.4 is 0 Å². The van der Waals surface area contributed by atoms with Gasteiger partial charge in [0.15, 0.2) is 0 Å². The van der Waals surface area contributed by atoms with E-state index in [2.05, 4.69) is 25.1 Å². The summed E-state index contributed by atoms with van der Waals surface area (Å²) in [6, 6.07) is 7.33. The first kappa shape index (κ1) is 19.8. The molecule has 79 valence electrons. The van der Waals surface area contributed by atoms with Crippen molar-refractivity contribution in [1.29, 1.82) is 0 Å². The van der Waals surface area contributed by atoms with Crippen LogP contribution in [0.15, 0.2) is 12.1 Å². The molecule has 0 N–H and O–H groups in total. The maximum atomic E-state index is 3.13. The smallest absolute Gasteiger partial charge is 0 e. The molecule has 0 nitrogen and oxygen atoms in total. The first-order valence-corrected chi connectivity index (χ1v) is 4.42. The average molecular weight is 267 g/mol. The monoisotopic (exact) mass is 267 g/mol. The molecule has 0 saturated carbocycles. The molecule has 0 aromatic heterocycles. The van der Waals surface area contributed by atoms with Gasteiger partial charge in [-0.2, -0.15) is 34.9 Å². The molecule has 0 bridgehead atoms. The van der Waals surface area contributed by atoms with Crippen molar-refractivity contribution < 1.29 is 32.7 Å². The van der Waals surface area contributed by atoms with Crippen molar-refractivity contribution in [3.05, 3.63) is 42.3 Å². The molecule has 14 heavy (non-hydrogen) atoms. The standard InChI is InChI=1S/C9H9.C2H6.CH4.CH3.Y/c1-2-7-4-3-5-8-6-9(7)8;1-2;;;/h4-5H,2,6H2,1H3;1-2H3;1H4;1H3;/q-1;;;-1;. The molecule has 0 aliphatic heterocycles. The molecule has 1 aliphatic rings. The molecule has 0 unspecified atom stereocenters. The van der Waals surface area contributed by atoms with Gasteiger partial charge >= 0.3 is 0 Å². The van der Waals surface area contributed by atoms with Crippen molar-refractivity contribution in [2.45, 2.75) is 41.0 Å². The summed E-state index contributed by atoms with van der Waals surface area (Å²) < 4.78 is 0. The number of rotatable bonds is 1. The molecule has 1 aliphatic carbocycles. The van der Waals surface area contributed by atoms with Crippen LogP contribution in [0.25, 0.3) is 0 Å². The minimum atomic E-state index is 0. The van der Waals surface area contributed by atoms with Crippen LogP contribution >= 0.6 is 0 Å². The molecular formula is C13H22Y-2. The molecule has 2 rings (SSSR count). The topological polar surface area (TPSA) is 0 Å². The minimum absolute atomic E-state index is 0. The predicted octanol–water partition coefficient (Wildman–Crippen LogP) is 4.06. The van der Waals surface area contributed by atoms with Gasteiger partial charge in [0.05, 0.1) is 0 Å². The van der Waals surface area contributed by atoms with Crippen molar-refractivity contribution in [1.82, 2.24) is 0 Å². The van der Waals surface area contributed by atoms with Gasteiger partial charge in [-0.15, -0.1) is 0 Å². The van der Waals surface area contributed by atoms with Gasteiger partial charge in [0.25, 0.3) is 0 Å². The van der Waals surface area contributed by atoms with Crippen molar-refractivity contribution >= 4 is 0 Å². The van der Waals surface area contributed by atoms with Crippen LogP contribution in [0.1, 0.15) is 44.9 Å². The molecule has 1 aromatic carbocycles. The van der Waals surface area contributed by atoms with E-state index in [0.717, 1.165) is 0 Å². The molecular weight excluding hydrogens is 245 g/mol. The fourth-order valence-corrected chi connectivity index (χ4v) is 1.25. The summed E-state index contributed by atoms with van der Waals surface area (Å²) in [5.41, 5.74) is 4.58. The van der Waals surface area contributed by atoms with Crippen molar-refractivity contribution in [2.75, 3.05) is 0 Å². The van der Waals surface area contributed by atoms with E-state index >= 15 is 0 Å². The summed E-state index contributed by atoms with van der Waals surface area (Å²) in [7, 11) is 0. The molecule has 0 saturated heterocycles. The Morgan fingerprint density at radius 3 is 2.29 bits per heavy atom. The van der Waals surface area contributed by atoms with Gasteiger partial charge in [-0.3, -0.25) is 0 Å². The average Bonchev–Trinajstić information content (AvgIpc) is 2.85. The molecule has 0 spiro atoms. The van der Waals surface area contributed by atoms with Crippen LogP contribution in [-0.4, -0.2) is 0 Å². The second-order valence-electron chi connectivity index (χ2n) is 2.51. The quantitative estimate of drug-likeness (QED) is 0.683. The van der Waals surface area contributed by atoms with Gasteiger partial charge in [0.2, 0.25) is 0 Å². The summed E-state index contributed by atoms with van der Waals surface area (Å²) >= 11 is 0. The van der Waals surface area contributed by atoms with E-state index in [0.29, 0.717) is 0 Å². The van der Waals surface area contributed by atoms with E-state index in [1.165, 1.54) is 24.0 Å². The largest absolute Gasteiger partial charge is 0.358 e. The van der Waals surface area contributed by atoms with Gasteiger partial charge in [-0.25, -0.2) is 0 Å². The number of hydrogen-bond acceptors (Lipinski definition) is 0. The second kappa shape index (κ2) is 9.86. The Morgan fingerprint density at radius 2 is 1.86 bits per heavy atom. The number of aryl methyl sites for hydroxylation is 1. The van der Waals surface area contributed by atoms with Crippen LogP contribution in [0.2, 0.25) is 0 Å². The Bertz CT molecular complexity index is 241. The van der Waals surface area contributed by atoms with Crippen LogP contribution in [0.3, 0.4) is 0 Å². The Morgan fingerprint density at radius 1 is 1.29 bits per heavy atom. The first-order chi connectivity index (χ1) is 5.42. The summed E-state index contributed by atoms with van der Waals surface area (Å²) in [5, 5.41) is 0. The maximum absolute atomic E-state index is 3.13. The Balaban J connectivity index is -0.000000229. The van der Waals surface area contributed by atoms with Crippen molar-refractivity contribution in [2.24, 2.45) is 0 Å². The van der Waals surface area contributed by atoms with Crippen LogP contribution in [0.5, 0.6) is 0 Å². The van der Waals surface area contributed by atoms with Crippen LogP contribution in [0, 0.1) is 13.5 Å². The molecule has 0 atom stereocenters. The van der Waals surface area contributed by atoms with Crippen LogP contribution in [0.4, 0.5) is 0 Å². The third kappa shape index (κ3) is 4.71. The summed E-state index contributed by atoms with van der Waals surface area (Å²) in [4.78, 5) is 0. The van der Waals surface area contributed by atoms with E-state index in [-0.39, 0.29) is 47.6 Å². The van der Waals surface area contributed by atoms with E-state index < -0.39 is 0 Å². The molecule has 0 fully saturated rings. The molecule has 1 radical (unpaired) electrons. The zero-order valence-electron chi connectivity index (χ0n) is 9.15. The van der Waals surface area contributed by atoms with Gasteiger partial charge < -0.3 is 7.43 Å². The maximum Gasteiger partial charge on any atom is 0 e. The van der Waals surface area contributed by atoms with Gasteiger partial charge in [-0.1, -0.05) is 41.0 Å². The fraction of sp³-hybridized carbons (Fsp3) is 0.462. The second-order valence-corrected chi connectivity index (χ2v) is 2.51. The predicted molar refractivity (Wildman–Crippen MR) is 62.0 cm³/mol. The summed E-state index contributed by atoms with van der Waals surface area (Å²) in [5.74, 6) is 0. The van der Waals surface area contributed by atoms with E-state index in [1.54, 1.807) is 5.56 Å². The molecule has 0 amide bonds. The normalized spacial score (nSPS) is 8.79. The van der Waals surface area contributed by atoms with Crippen molar-refractivity contribution in [3.8, 4) is 0 Å². The van der Waals surface area contributed by atoms with E-state index in [1.807, 2.05) is 13.8 Å². The minimum Gasteiger partial charge on any atom is -0.358 e. The Hall–Kier alpha value is 0.324. The molecule has 0 heterocycles. The van der Waals surface area contributed by atoms with E-state index in [9.17, 15) is 0 Å². The Labute approximate surface area is 115 Å². The number of fused-ring (bicyclic) bond motifs is 1. The first-order valence-electron chi connectivity index (χ1n) is 4.42. The van der Waals surface area contributed by atoms with Gasteiger partial charge in [0.1, 0.15) is 0 Å². The van der Waals surface area contributed by atoms with E-state index in [4.69, 9.17) is 0 Å². The Kier molecular flexibility index (Phi) is 14.0. The SMILES string of the molecule is C.CC.CCc1c[c-]cc2c1C2.[CH3-].[Y]. The summed E-state index contributed by atoms with van der Waals surface area (Å²) in [6.07, 6.45) is 2.40. The number of hydrogen-bond donors (Lipinski definition) is 0. The molecule has 1 heteroatoms. The zero-order chi connectivity index (χ0) is 8.27.